The first kappa shape index (κ1) is 15.2. The number of carbonyl (C=O) groups excluding carboxylic acids is 1. The van der Waals surface area contributed by atoms with Crippen LogP contribution in [0, 0.1) is 13.8 Å². The van der Waals surface area contributed by atoms with E-state index >= 15 is 0 Å². The summed E-state index contributed by atoms with van der Waals surface area (Å²) in [6.07, 6.45) is 3.19. The Balaban J connectivity index is 1.94. The van der Waals surface area contributed by atoms with Gasteiger partial charge in [0.05, 0.1) is 22.8 Å². The minimum Gasteiger partial charge on any atom is -0.364 e. The summed E-state index contributed by atoms with van der Waals surface area (Å²) in [5.41, 5.74) is 1.56. The van der Waals surface area contributed by atoms with Crippen molar-refractivity contribution in [2.45, 2.75) is 20.4 Å². The van der Waals surface area contributed by atoms with E-state index in [1.165, 1.54) is 4.88 Å². The summed E-state index contributed by atoms with van der Waals surface area (Å²) in [5.74, 6) is 0.570. The Kier molecular flexibility index (Phi) is 5.05. The molecule has 0 spiro atoms. The van der Waals surface area contributed by atoms with Crippen LogP contribution in [0.3, 0.4) is 0 Å². The van der Waals surface area contributed by atoms with E-state index in [9.17, 15) is 4.79 Å². The number of pyridine rings is 1. The fourth-order valence-electron chi connectivity index (χ4n) is 1.81. The van der Waals surface area contributed by atoms with Gasteiger partial charge < -0.3 is 10.6 Å². The minimum absolute atomic E-state index is 0.153. The smallest absolute Gasteiger partial charge is 0.253 e. The summed E-state index contributed by atoms with van der Waals surface area (Å²) >= 11 is 1.69. The number of nitrogens with zero attached hydrogens (tertiary/aromatic N) is 2. The fourth-order valence-corrected chi connectivity index (χ4v) is 2.64. The highest BCUT2D eigenvalue weighted by Gasteiger charge is 2.07. The summed E-state index contributed by atoms with van der Waals surface area (Å²) in [6.45, 7) is 8.69. The Morgan fingerprint density at radius 3 is 2.81 bits per heavy atom. The van der Waals surface area contributed by atoms with E-state index in [-0.39, 0.29) is 5.91 Å². The molecule has 2 aromatic rings. The van der Waals surface area contributed by atoms with Crippen LogP contribution in [0.2, 0.25) is 0 Å². The van der Waals surface area contributed by atoms with Crippen molar-refractivity contribution in [2.24, 2.45) is 0 Å². The first-order valence-corrected chi connectivity index (χ1v) is 7.43. The number of anilines is 1. The molecule has 0 saturated heterocycles. The van der Waals surface area contributed by atoms with Crippen molar-refractivity contribution in [1.82, 2.24) is 15.3 Å². The molecular formula is C15H18N4OS. The number of aryl methyl sites for hydroxylation is 2. The zero-order valence-corrected chi connectivity index (χ0v) is 13.0. The number of carbonyl (C=O) groups is 1. The molecule has 0 unspecified atom stereocenters. The molecule has 1 amide bonds. The molecule has 2 N–H and O–H groups in total. The normalized spacial score (nSPS) is 10.2. The molecule has 6 heteroatoms. The van der Waals surface area contributed by atoms with Crippen LogP contribution in [0.1, 0.15) is 25.9 Å². The molecule has 2 aromatic heterocycles. The van der Waals surface area contributed by atoms with Gasteiger partial charge in [-0.25, -0.2) is 9.97 Å². The van der Waals surface area contributed by atoms with Gasteiger partial charge in [-0.2, -0.15) is 0 Å². The second-order valence-corrected chi connectivity index (χ2v) is 5.93. The number of amides is 1. The van der Waals surface area contributed by atoms with Crippen LogP contribution < -0.4 is 10.6 Å². The summed E-state index contributed by atoms with van der Waals surface area (Å²) in [5, 5.41) is 6.98. The lowest BCUT2D eigenvalue weighted by atomic mass is 10.2. The zero-order chi connectivity index (χ0) is 15.2. The number of thiazole rings is 1. The van der Waals surface area contributed by atoms with Crippen LogP contribution in [0.5, 0.6) is 0 Å². The van der Waals surface area contributed by atoms with Crippen molar-refractivity contribution in [3.05, 3.63) is 52.1 Å². The maximum atomic E-state index is 11.7. The van der Waals surface area contributed by atoms with E-state index in [1.807, 2.05) is 6.92 Å². The Hall–Kier alpha value is -2.21. The van der Waals surface area contributed by atoms with Gasteiger partial charge in [0.1, 0.15) is 5.82 Å². The highest BCUT2D eigenvalue weighted by Crippen LogP contribution is 2.17. The van der Waals surface area contributed by atoms with Gasteiger partial charge in [-0.3, -0.25) is 4.79 Å². The van der Waals surface area contributed by atoms with Gasteiger partial charge in [0.2, 0.25) is 0 Å². The molecule has 0 aliphatic rings. The van der Waals surface area contributed by atoms with Gasteiger partial charge in [0.15, 0.2) is 0 Å². The molecule has 0 aromatic carbocycles. The second kappa shape index (κ2) is 6.99. The van der Waals surface area contributed by atoms with Crippen LogP contribution in [-0.2, 0) is 6.54 Å². The van der Waals surface area contributed by atoms with Crippen molar-refractivity contribution in [1.29, 1.82) is 0 Å². The monoisotopic (exact) mass is 302 g/mol. The summed E-state index contributed by atoms with van der Waals surface area (Å²) < 4.78 is 0. The van der Waals surface area contributed by atoms with Gasteiger partial charge in [-0.1, -0.05) is 6.08 Å². The van der Waals surface area contributed by atoms with E-state index in [0.29, 0.717) is 18.7 Å². The molecule has 0 radical (unpaired) electrons. The highest BCUT2D eigenvalue weighted by atomic mass is 32.1. The topological polar surface area (TPSA) is 66.9 Å². The minimum atomic E-state index is -0.153. The molecule has 0 fully saturated rings. The average molecular weight is 302 g/mol. The molecule has 0 bridgehead atoms. The maximum Gasteiger partial charge on any atom is 0.253 e. The summed E-state index contributed by atoms with van der Waals surface area (Å²) in [7, 11) is 0. The van der Waals surface area contributed by atoms with Gasteiger partial charge >= 0.3 is 0 Å². The number of hydrogen-bond donors (Lipinski definition) is 2. The molecular weight excluding hydrogens is 284 g/mol. The van der Waals surface area contributed by atoms with E-state index in [2.05, 4.69) is 34.1 Å². The second-order valence-electron chi connectivity index (χ2n) is 4.52. The summed E-state index contributed by atoms with van der Waals surface area (Å²) in [4.78, 5) is 21.6. The van der Waals surface area contributed by atoms with Crippen LogP contribution in [0.4, 0.5) is 5.82 Å². The van der Waals surface area contributed by atoms with Gasteiger partial charge in [0, 0.05) is 17.6 Å². The predicted molar refractivity (Wildman–Crippen MR) is 85.7 cm³/mol. The highest BCUT2D eigenvalue weighted by molar-refractivity contribution is 7.11. The number of rotatable bonds is 6. The molecule has 0 aliphatic heterocycles. The third kappa shape index (κ3) is 4.13. The van der Waals surface area contributed by atoms with Crippen LogP contribution >= 0.6 is 11.3 Å². The molecule has 21 heavy (non-hydrogen) atoms. The van der Waals surface area contributed by atoms with Gasteiger partial charge in [-0.15, -0.1) is 17.9 Å². The predicted octanol–water partition coefficient (Wildman–Crippen LogP) is 2.68. The van der Waals surface area contributed by atoms with Crippen molar-refractivity contribution < 1.29 is 4.79 Å². The zero-order valence-electron chi connectivity index (χ0n) is 12.1. The van der Waals surface area contributed by atoms with E-state index in [0.717, 1.165) is 16.5 Å². The number of hydrogen-bond acceptors (Lipinski definition) is 5. The summed E-state index contributed by atoms with van der Waals surface area (Å²) in [6, 6.07) is 3.53. The van der Waals surface area contributed by atoms with E-state index in [4.69, 9.17) is 0 Å². The van der Waals surface area contributed by atoms with Crippen molar-refractivity contribution >= 4 is 23.1 Å². The first-order valence-electron chi connectivity index (χ1n) is 6.62. The van der Waals surface area contributed by atoms with E-state index in [1.54, 1.807) is 35.7 Å². The van der Waals surface area contributed by atoms with Gasteiger partial charge in [0.25, 0.3) is 5.91 Å². The van der Waals surface area contributed by atoms with Crippen LogP contribution in [0.25, 0.3) is 0 Å². The molecule has 0 atom stereocenters. The molecule has 2 rings (SSSR count). The van der Waals surface area contributed by atoms with Crippen molar-refractivity contribution in [3.8, 4) is 0 Å². The Morgan fingerprint density at radius 2 is 2.24 bits per heavy atom. The molecule has 0 aliphatic carbocycles. The standard InChI is InChI=1S/C15H18N4OS/c1-4-7-16-15(20)12-5-6-14(17-8-12)18-9-13-10(2)21-11(3)19-13/h4-6,8H,1,7,9H2,2-3H3,(H,16,20)(H,17,18). The van der Waals surface area contributed by atoms with Crippen molar-refractivity contribution in [3.63, 3.8) is 0 Å². The SMILES string of the molecule is C=CCNC(=O)c1ccc(NCc2nc(C)sc2C)nc1. The van der Waals surface area contributed by atoms with Crippen LogP contribution in [-0.4, -0.2) is 22.4 Å². The Morgan fingerprint density at radius 1 is 1.43 bits per heavy atom. The molecule has 2 heterocycles. The number of nitrogens with one attached hydrogen (secondary N) is 2. The average Bonchev–Trinajstić information content (AvgIpc) is 2.81. The third-order valence-electron chi connectivity index (χ3n) is 2.87. The Bertz CT molecular complexity index is 634. The third-order valence-corrected chi connectivity index (χ3v) is 3.80. The Labute approximate surface area is 128 Å². The fraction of sp³-hybridized carbons (Fsp3) is 0.267. The first-order chi connectivity index (χ1) is 10.1. The lowest BCUT2D eigenvalue weighted by Gasteiger charge is -2.06. The molecule has 110 valence electrons. The quantitative estimate of drug-likeness (QED) is 0.805. The lowest BCUT2D eigenvalue weighted by Crippen LogP contribution is -2.23. The van der Waals surface area contributed by atoms with Crippen LogP contribution in [0.15, 0.2) is 31.0 Å². The van der Waals surface area contributed by atoms with Crippen molar-refractivity contribution in [2.75, 3.05) is 11.9 Å². The molecule has 5 nitrogen and oxygen atoms in total. The number of aromatic nitrogens is 2. The largest absolute Gasteiger partial charge is 0.364 e. The van der Waals surface area contributed by atoms with Gasteiger partial charge in [-0.05, 0) is 26.0 Å². The lowest BCUT2D eigenvalue weighted by molar-refractivity contribution is 0.0957. The molecule has 0 saturated carbocycles. The maximum absolute atomic E-state index is 11.7. The van der Waals surface area contributed by atoms with E-state index < -0.39 is 0 Å².